The van der Waals surface area contributed by atoms with Gasteiger partial charge in [0.25, 0.3) is 0 Å². The molecule has 2 nitrogen and oxygen atoms in total. The Morgan fingerprint density at radius 3 is 2.31 bits per heavy atom. The summed E-state index contributed by atoms with van der Waals surface area (Å²) in [6.07, 6.45) is 0. The first-order valence-electron chi connectivity index (χ1n) is 4.41. The molecular formula is C11H15NO. The van der Waals surface area contributed by atoms with E-state index in [2.05, 4.69) is 5.32 Å². The highest BCUT2D eigenvalue weighted by Crippen LogP contribution is 2.18. The van der Waals surface area contributed by atoms with Gasteiger partial charge in [-0.05, 0) is 31.9 Å². The Kier molecular flexibility index (Phi) is 3.07. The van der Waals surface area contributed by atoms with Crippen LogP contribution in [0.1, 0.15) is 18.1 Å². The molecule has 0 saturated heterocycles. The number of hydrogen-bond acceptors (Lipinski definition) is 2. The second-order valence-electron chi connectivity index (χ2n) is 3.32. The standard InChI is InChI=1S/C11H15NO/c1-8-5-4-6-9(2)11(8)12-7-10(3)13/h4-6,12H,7H2,1-3H3. The molecule has 0 aliphatic carbocycles. The minimum absolute atomic E-state index is 0.155. The first-order chi connectivity index (χ1) is 6.11. The summed E-state index contributed by atoms with van der Waals surface area (Å²) in [6, 6.07) is 6.09. The molecule has 0 atom stereocenters. The van der Waals surface area contributed by atoms with E-state index in [4.69, 9.17) is 0 Å². The minimum atomic E-state index is 0.155. The average Bonchev–Trinajstić information content (AvgIpc) is 2.03. The van der Waals surface area contributed by atoms with Gasteiger partial charge in [-0.2, -0.15) is 0 Å². The smallest absolute Gasteiger partial charge is 0.148 e. The van der Waals surface area contributed by atoms with E-state index in [1.54, 1.807) is 6.92 Å². The van der Waals surface area contributed by atoms with E-state index < -0.39 is 0 Å². The van der Waals surface area contributed by atoms with E-state index in [1.807, 2.05) is 32.0 Å². The largest absolute Gasteiger partial charge is 0.378 e. The minimum Gasteiger partial charge on any atom is -0.378 e. The van der Waals surface area contributed by atoms with Gasteiger partial charge in [0.2, 0.25) is 0 Å². The molecule has 70 valence electrons. The first-order valence-corrected chi connectivity index (χ1v) is 4.41. The summed E-state index contributed by atoms with van der Waals surface area (Å²) in [5, 5.41) is 3.13. The molecule has 0 bridgehead atoms. The van der Waals surface area contributed by atoms with Crippen LogP contribution in [0.15, 0.2) is 18.2 Å². The second-order valence-corrected chi connectivity index (χ2v) is 3.32. The van der Waals surface area contributed by atoms with Crippen molar-refractivity contribution in [2.24, 2.45) is 0 Å². The SMILES string of the molecule is CC(=O)CNc1c(C)cccc1C. The molecule has 0 radical (unpaired) electrons. The van der Waals surface area contributed by atoms with Crippen LogP contribution in [-0.4, -0.2) is 12.3 Å². The van der Waals surface area contributed by atoms with E-state index in [0.29, 0.717) is 6.54 Å². The van der Waals surface area contributed by atoms with Crippen LogP contribution in [0.3, 0.4) is 0 Å². The van der Waals surface area contributed by atoms with Crippen LogP contribution in [-0.2, 0) is 4.79 Å². The zero-order valence-corrected chi connectivity index (χ0v) is 8.35. The van der Waals surface area contributed by atoms with Crippen LogP contribution in [0.25, 0.3) is 0 Å². The van der Waals surface area contributed by atoms with Crippen molar-refractivity contribution in [2.75, 3.05) is 11.9 Å². The third-order valence-corrected chi connectivity index (χ3v) is 2.00. The maximum Gasteiger partial charge on any atom is 0.148 e. The summed E-state index contributed by atoms with van der Waals surface area (Å²) in [5.41, 5.74) is 3.44. The van der Waals surface area contributed by atoms with Gasteiger partial charge in [0.05, 0.1) is 6.54 Å². The number of aryl methyl sites for hydroxylation is 2. The molecule has 0 unspecified atom stereocenters. The number of anilines is 1. The first kappa shape index (κ1) is 9.78. The maximum atomic E-state index is 10.8. The number of ketones is 1. The highest BCUT2D eigenvalue weighted by Gasteiger charge is 2.01. The van der Waals surface area contributed by atoms with Crippen LogP contribution in [0.4, 0.5) is 5.69 Å². The molecule has 2 heteroatoms. The lowest BCUT2D eigenvalue weighted by atomic mass is 10.1. The fraction of sp³-hybridized carbons (Fsp3) is 0.364. The molecule has 0 heterocycles. The molecule has 0 saturated carbocycles. The lowest BCUT2D eigenvalue weighted by Crippen LogP contribution is -2.11. The highest BCUT2D eigenvalue weighted by atomic mass is 16.1. The number of Topliss-reactive ketones (excluding diaryl/α,β-unsaturated/α-hetero) is 1. The van der Waals surface area contributed by atoms with Gasteiger partial charge in [0, 0.05) is 5.69 Å². The second kappa shape index (κ2) is 4.08. The Balaban J connectivity index is 2.81. The molecule has 0 aliphatic heterocycles. The summed E-state index contributed by atoms with van der Waals surface area (Å²) in [6.45, 7) is 6.07. The van der Waals surface area contributed by atoms with E-state index in [1.165, 1.54) is 11.1 Å². The van der Waals surface area contributed by atoms with Crippen molar-refractivity contribution in [1.29, 1.82) is 0 Å². The summed E-state index contributed by atoms with van der Waals surface area (Å²) >= 11 is 0. The van der Waals surface area contributed by atoms with E-state index >= 15 is 0 Å². The number of rotatable bonds is 3. The van der Waals surface area contributed by atoms with Crippen molar-refractivity contribution < 1.29 is 4.79 Å². The van der Waals surface area contributed by atoms with Gasteiger partial charge in [-0.25, -0.2) is 0 Å². The van der Waals surface area contributed by atoms with Crippen LogP contribution in [0.5, 0.6) is 0 Å². The van der Waals surface area contributed by atoms with Gasteiger partial charge < -0.3 is 5.32 Å². The lowest BCUT2D eigenvalue weighted by Gasteiger charge is -2.10. The molecule has 1 aromatic carbocycles. The topological polar surface area (TPSA) is 29.1 Å². The molecule has 0 amide bonds. The molecule has 0 fully saturated rings. The van der Waals surface area contributed by atoms with Crippen LogP contribution >= 0.6 is 0 Å². The molecule has 0 aliphatic rings. The number of nitrogens with one attached hydrogen (secondary N) is 1. The van der Waals surface area contributed by atoms with Crippen LogP contribution in [0.2, 0.25) is 0 Å². The van der Waals surface area contributed by atoms with Gasteiger partial charge in [-0.3, -0.25) is 4.79 Å². The number of benzene rings is 1. The number of carbonyl (C=O) groups excluding carboxylic acids is 1. The number of hydrogen-bond donors (Lipinski definition) is 1. The summed E-state index contributed by atoms with van der Waals surface area (Å²) in [7, 11) is 0. The predicted octanol–water partition coefficient (Wildman–Crippen LogP) is 2.30. The Labute approximate surface area is 79.0 Å². The van der Waals surface area contributed by atoms with Crippen LogP contribution < -0.4 is 5.32 Å². The van der Waals surface area contributed by atoms with Gasteiger partial charge in [0.15, 0.2) is 0 Å². The molecule has 0 spiro atoms. The molecule has 13 heavy (non-hydrogen) atoms. The zero-order valence-electron chi connectivity index (χ0n) is 8.35. The van der Waals surface area contributed by atoms with Gasteiger partial charge in [-0.1, -0.05) is 18.2 Å². The van der Waals surface area contributed by atoms with Crippen molar-refractivity contribution >= 4 is 11.5 Å². The molecule has 1 rings (SSSR count). The van der Waals surface area contributed by atoms with E-state index in [9.17, 15) is 4.79 Å². The summed E-state index contributed by atoms with van der Waals surface area (Å²) in [5.74, 6) is 0.155. The lowest BCUT2D eigenvalue weighted by molar-refractivity contribution is -0.115. The normalized spacial score (nSPS) is 9.77. The monoisotopic (exact) mass is 177 g/mol. The Bertz CT molecular complexity index is 298. The van der Waals surface area contributed by atoms with Crippen molar-refractivity contribution in [2.45, 2.75) is 20.8 Å². The van der Waals surface area contributed by atoms with E-state index in [0.717, 1.165) is 5.69 Å². The third-order valence-electron chi connectivity index (χ3n) is 2.00. The molecule has 1 aromatic rings. The van der Waals surface area contributed by atoms with Crippen LogP contribution in [0, 0.1) is 13.8 Å². The third kappa shape index (κ3) is 2.58. The number of para-hydroxylation sites is 1. The van der Waals surface area contributed by atoms with Gasteiger partial charge in [0.1, 0.15) is 5.78 Å². The quantitative estimate of drug-likeness (QED) is 0.767. The zero-order chi connectivity index (χ0) is 9.84. The summed E-state index contributed by atoms with van der Waals surface area (Å²) in [4.78, 5) is 10.8. The average molecular weight is 177 g/mol. The fourth-order valence-electron chi connectivity index (χ4n) is 1.31. The Morgan fingerprint density at radius 1 is 1.31 bits per heavy atom. The van der Waals surface area contributed by atoms with E-state index in [-0.39, 0.29) is 5.78 Å². The molecule has 1 N–H and O–H groups in total. The highest BCUT2D eigenvalue weighted by molar-refractivity contribution is 5.80. The predicted molar refractivity (Wildman–Crippen MR) is 55.1 cm³/mol. The Hall–Kier alpha value is -1.31. The maximum absolute atomic E-state index is 10.8. The van der Waals surface area contributed by atoms with Crippen molar-refractivity contribution in [3.8, 4) is 0 Å². The molecular weight excluding hydrogens is 162 g/mol. The van der Waals surface area contributed by atoms with Gasteiger partial charge in [-0.15, -0.1) is 0 Å². The molecule has 0 aromatic heterocycles. The Morgan fingerprint density at radius 2 is 1.85 bits per heavy atom. The fourth-order valence-corrected chi connectivity index (χ4v) is 1.31. The van der Waals surface area contributed by atoms with Crippen molar-refractivity contribution in [1.82, 2.24) is 0 Å². The number of carbonyl (C=O) groups is 1. The van der Waals surface area contributed by atoms with Crippen molar-refractivity contribution in [3.63, 3.8) is 0 Å². The van der Waals surface area contributed by atoms with Gasteiger partial charge >= 0.3 is 0 Å². The van der Waals surface area contributed by atoms with Crippen molar-refractivity contribution in [3.05, 3.63) is 29.3 Å². The summed E-state index contributed by atoms with van der Waals surface area (Å²) < 4.78 is 0.